The molecule has 266 valence electrons. The van der Waals surface area contributed by atoms with Crippen LogP contribution in [0.2, 0.25) is 5.02 Å². The Morgan fingerprint density at radius 1 is 1.08 bits per heavy atom. The van der Waals surface area contributed by atoms with Crippen molar-refractivity contribution in [3.63, 3.8) is 0 Å². The zero-order chi connectivity index (χ0) is 36.8. The number of ether oxygens (including phenoxy) is 5. The van der Waals surface area contributed by atoms with Gasteiger partial charge >= 0.3 is 11.9 Å². The predicted molar refractivity (Wildman–Crippen MR) is 192 cm³/mol. The molecule has 1 atom stereocenters. The van der Waals surface area contributed by atoms with Gasteiger partial charge in [0.05, 0.1) is 56.6 Å². The molecule has 3 aromatic carbocycles. The second-order valence-corrected chi connectivity index (χ2v) is 13.1. The first-order valence-electron chi connectivity index (χ1n) is 15.5. The number of nitro benzene ring substituents is 1. The number of aromatic nitrogens is 1. The molecular formula is C35H31BrClN3O10S. The normalized spacial score (nSPS) is 14.0. The van der Waals surface area contributed by atoms with Crippen LogP contribution in [0.4, 0.5) is 5.69 Å². The van der Waals surface area contributed by atoms with E-state index in [0.29, 0.717) is 47.7 Å². The molecule has 4 aromatic rings. The highest BCUT2D eigenvalue weighted by molar-refractivity contribution is 9.10. The lowest BCUT2D eigenvalue weighted by Gasteiger charge is -2.25. The van der Waals surface area contributed by atoms with Crippen LogP contribution in [-0.4, -0.2) is 48.4 Å². The van der Waals surface area contributed by atoms with E-state index in [0.717, 1.165) is 11.3 Å². The van der Waals surface area contributed by atoms with E-state index in [2.05, 4.69) is 25.7 Å². The molecule has 0 spiro atoms. The quantitative estimate of drug-likeness (QED) is 0.0940. The van der Waals surface area contributed by atoms with Gasteiger partial charge in [-0.25, -0.2) is 14.6 Å². The van der Waals surface area contributed by atoms with Gasteiger partial charge in [-0.05, 0) is 83.7 Å². The summed E-state index contributed by atoms with van der Waals surface area (Å²) in [5.41, 5.74) is 1.76. The minimum Gasteiger partial charge on any atom is -0.490 e. The van der Waals surface area contributed by atoms with Gasteiger partial charge in [-0.2, -0.15) is 0 Å². The maximum absolute atomic E-state index is 14.2. The molecule has 1 aliphatic heterocycles. The number of benzene rings is 3. The summed E-state index contributed by atoms with van der Waals surface area (Å²) in [5.74, 6) is -0.310. The number of fused-ring (bicyclic) bond motifs is 1. The molecule has 0 unspecified atom stereocenters. The summed E-state index contributed by atoms with van der Waals surface area (Å²) < 4.78 is 29.6. The lowest BCUT2D eigenvalue weighted by atomic mass is 9.95. The number of methoxy groups -OCH3 is 1. The van der Waals surface area contributed by atoms with Crippen LogP contribution in [0.1, 0.15) is 43.5 Å². The second kappa shape index (κ2) is 16.4. The molecule has 0 amide bonds. The number of nitro groups is 1. The Kier molecular flexibility index (Phi) is 12.0. The Labute approximate surface area is 308 Å². The molecule has 1 aliphatic rings. The fourth-order valence-electron chi connectivity index (χ4n) is 5.25. The largest absolute Gasteiger partial charge is 0.490 e. The summed E-state index contributed by atoms with van der Waals surface area (Å²) in [5, 5.41) is 11.4. The number of nitrogens with zero attached hydrogens (tertiary/aromatic N) is 3. The maximum Gasteiger partial charge on any atom is 0.343 e. The van der Waals surface area contributed by atoms with Crippen molar-refractivity contribution in [2.75, 3.05) is 26.9 Å². The number of non-ortho nitro benzene ring substituents is 1. The van der Waals surface area contributed by atoms with Crippen molar-refractivity contribution in [2.45, 2.75) is 33.4 Å². The number of halogens is 2. The van der Waals surface area contributed by atoms with E-state index in [1.807, 2.05) is 0 Å². The summed E-state index contributed by atoms with van der Waals surface area (Å²) in [6.07, 6.45) is 1.65. The molecule has 16 heteroatoms. The van der Waals surface area contributed by atoms with E-state index in [4.69, 9.17) is 30.5 Å². The van der Waals surface area contributed by atoms with Crippen LogP contribution in [0.5, 0.6) is 17.2 Å². The summed E-state index contributed by atoms with van der Waals surface area (Å²) >= 11 is 11.2. The Balaban J connectivity index is 1.55. The molecule has 2 heterocycles. The highest BCUT2D eigenvalue weighted by Crippen LogP contribution is 2.37. The van der Waals surface area contributed by atoms with Crippen LogP contribution in [0.15, 0.2) is 80.1 Å². The Morgan fingerprint density at radius 3 is 2.55 bits per heavy atom. The smallest absolute Gasteiger partial charge is 0.343 e. The fourth-order valence-corrected chi connectivity index (χ4v) is 7.29. The van der Waals surface area contributed by atoms with E-state index < -0.39 is 28.5 Å². The van der Waals surface area contributed by atoms with Crippen LogP contribution in [-0.2, 0) is 25.7 Å². The molecule has 0 saturated heterocycles. The van der Waals surface area contributed by atoms with Gasteiger partial charge in [0.1, 0.15) is 6.61 Å². The molecule has 0 fully saturated rings. The third-order valence-corrected chi connectivity index (χ3v) is 9.35. The van der Waals surface area contributed by atoms with Gasteiger partial charge < -0.3 is 23.7 Å². The first-order valence-corrected chi connectivity index (χ1v) is 17.5. The summed E-state index contributed by atoms with van der Waals surface area (Å²) in [6, 6.07) is 13.4. The molecule has 5 rings (SSSR count). The van der Waals surface area contributed by atoms with Crippen molar-refractivity contribution < 1.29 is 38.2 Å². The molecule has 0 bridgehead atoms. The van der Waals surface area contributed by atoms with Crippen LogP contribution in [0, 0.1) is 10.1 Å². The summed E-state index contributed by atoms with van der Waals surface area (Å²) in [6.45, 7) is 5.22. The SMILES string of the molecule is CCOC(=O)C1=C(C)N=c2s/c(=C\c3cc(Cl)c(OCc4cccc([N+](=O)[O-])c4)c(Br)c3)c(=O)n2[C@@H]1c1ccc(OCC(=O)OC)c(OCC)c1. The third-order valence-electron chi connectivity index (χ3n) is 7.50. The van der Waals surface area contributed by atoms with Gasteiger partial charge in [0.25, 0.3) is 11.2 Å². The zero-order valence-corrected chi connectivity index (χ0v) is 30.9. The van der Waals surface area contributed by atoms with Gasteiger partial charge in [-0.3, -0.25) is 19.5 Å². The van der Waals surface area contributed by atoms with Crippen molar-refractivity contribution in [3.8, 4) is 17.2 Å². The average Bonchev–Trinajstić information content (AvgIpc) is 3.40. The van der Waals surface area contributed by atoms with Gasteiger partial charge in [-0.15, -0.1) is 0 Å². The first-order chi connectivity index (χ1) is 24.4. The van der Waals surface area contributed by atoms with Crippen LogP contribution in [0.3, 0.4) is 0 Å². The first kappa shape index (κ1) is 37.3. The minimum atomic E-state index is -0.934. The molecule has 51 heavy (non-hydrogen) atoms. The van der Waals surface area contributed by atoms with E-state index in [-0.39, 0.29) is 48.5 Å². The molecule has 0 saturated carbocycles. The number of hydrogen-bond donors (Lipinski definition) is 0. The molecule has 0 N–H and O–H groups in total. The Morgan fingerprint density at radius 2 is 1.86 bits per heavy atom. The van der Waals surface area contributed by atoms with Crippen LogP contribution in [0.25, 0.3) is 6.08 Å². The Bertz CT molecular complexity index is 2210. The zero-order valence-electron chi connectivity index (χ0n) is 27.8. The molecule has 1 aromatic heterocycles. The third kappa shape index (κ3) is 8.32. The minimum absolute atomic E-state index is 0.0312. The number of esters is 2. The molecule has 0 radical (unpaired) electrons. The van der Waals surface area contributed by atoms with Gasteiger partial charge in [0.15, 0.2) is 28.7 Å². The van der Waals surface area contributed by atoms with Crippen LogP contribution < -0.4 is 29.1 Å². The number of thiazole rings is 1. The van der Waals surface area contributed by atoms with Crippen molar-refractivity contribution >= 4 is 62.6 Å². The van der Waals surface area contributed by atoms with Crippen molar-refractivity contribution in [1.82, 2.24) is 4.57 Å². The van der Waals surface area contributed by atoms with Crippen molar-refractivity contribution in [1.29, 1.82) is 0 Å². The lowest BCUT2D eigenvalue weighted by Crippen LogP contribution is -2.40. The van der Waals surface area contributed by atoms with Crippen molar-refractivity contribution in [3.05, 3.63) is 122 Å². The van der Waals surface area contributed by atoms with Crippen molar-refractivity contribution in [2.24, 2.45) is 4.99 Å². The van der Waals surface area contributed by atoms with E-state index in [1.165, 1.54) is 23.8 Å². The predicted octanol–water partition coefficient (Wildman–Crippen LogP) is 5.65. The molecule has 0 aliphatic carbocycles. The molecular weight excluding hydrogens is 770 g/mol. The number of carbonyl (C=O) groups excluding carboxylic acids is 2. The standard InChI is InChI=1S/C35H31BrClN3O10S/c1-5-47-27-16-22(10-11-26(27)49-18-29(41)46-4)31-30(34(43)48-6-2)19(3)38-35-39(31)33(42)28(51-35)15-21-13-24(36)32(25(37)14-21)50-17-20-8-7-9-23(12-20)40(44)45/h7-16,31H,5-6,17-18H2,1-4H3/b28-15-/t31-/m1/s1. The number of allylic oxidation sites excluding steroid dienone is 1. The lowest BCUT2D eigenvalue weighted by molar-refractivity contribution is -0.384. The van der Waals surface area contributed by atoms with Crippen LogP contribution >= 0.6 is 38.9 Å². The fraction of sp³-hybridized carbons (Fsp3) is 0.257. The summed E-state index contributed by atoms with van der Waals surface area (Å²) in [4.78, 5) is 54.9. The van der Waals surface area contributed by atoms with Gasteiger partial charge in [0, 0.05) is 12.1 Å². The van der Waals surface area contributed by atoms with E-state index >= 15 is 0 Å². The molecule has 13 nitrogen and oxygen atoms in total. The van der Waals surface area contributed by atoms with E-state index in [9.17, 15) is 24.5 Å². The highest BCUT2D eigenvalue weighted by atomic mass is 79.9. The summed E-state index contributed by atoms with van der Waals surface area (Å²) in [7, 11) is 1.25. The van der Waals surface area contributed by atoms with Gasteiger partial charge in [-0.1, -0.05) is 41.1 Å². The number of rotatable bonds is 13. The number of hydrogen-bond acceptors (Lipinski definition) is 12. The Hall–Kier alpha value is -4.99. The average molecular weight is 801 g/mol. The topological polar surface area (TPSA) is 158 Å². The highest BCUT2D eigenvalue weighted by Gasteiger charge is 2.34. The number of carbonyl (C=O) groups is 2. The monoisotopic (exact) mass is 799 g/mol. The maximum atomic E-state index is 14.2. The second-order valence-electron chi connectivity index (χ2n) is 10.8. The van der Waals surface area contributed by atoms with E-state index in [1.54, 1.807) is 69.3 Å². The van der Waals surface area contributed by atoms with Gasteiger partial charge in [0.2, 0.25) is 0 Å².